The Morgan fingerprint density at radius 2 is 1.86 bits per heavy atom. The van der Waals surface area contributed by atoms with Crippen molar-refractivity contribution in [3.8, 4) is 17.2 Å². The number of allylic oxidation sites excluding steroid dienone is 1. The van der Waals surface area contributed by atoms with E-state index in [9.17, 15) is 4.79 Å². The first-order valence-corrected chi connectivity index (χ1v) is 12.3. The number of benzene rings is 2. The fourth-order valence-electron chi connectivity index (χ4n) is 3.55. The van der Waals surface area contributed by atoms with E-state index in [0.717, 1.165) is 16.2 Å². The second-order valence-corrected chi connectivity index (χ2v) is 9.64. The molecule has 0 radical (unpaired) electrons. The predicted octanol–water partition coefficient (Wildman–Crippen LogP) is 5.98. The number of halogens is 1. The molecule has 0 bridgehead atoms. The maximum Gasteiger partial charge on any atom is 0.283 e. The van der Waals surface area contributed by atoms with Gasteiger partial charge in [0.1, 0.15) is 24.8 Å². The Morgan fingerprint density at radius 3 is 2.60 bits per heavy atom. The zero-order chi connectivity index (χ0) is 25.1. The molecule has 0 spiro atoms. The first-order valence-electron chi connectivity index (χ1n) is 11.1. The van der Waals surface area contributed by atoms with Crippen LogP contribution in [-0.2, 0) is 4.79 Å². The van der Waals surface area contributed by atoms with Gasteiger partial charge >= 0.3 is 0 Å². The van der Waals surface area contributed by atoms with Gasteiger partial charge < -0.3 is 14.2 Å². The van der Waals surface area contributed by atoms with Gasteiger partial charge in [0.2, 0.25) is 0 Å². The van der Waals surface area contributed by atoms with E-state index in [4.69, 9.17) is 31.2 Å². The van der Waals surface area contributed by atoms with Crippen LogP contribution in [0.2, 0.25) is 5.02 Å². The molecule has 182 valence electrons. The summed E-state index contributed by atoms with van der Waals surface area (Å²) in [6, 6.07) is 9.35. The Hall–Kier alpha value is -3.23. The average molecular weight is 512 g/mol. The summed E-state index contributed by atoms with van der Waals surface area (Å²) >= 11 is 7.91. The molecule has 0 fully saturated rings. The summed E-state index contributed by atoms with van der Waals surface area (Å²) < 4.78 is 17.4. The quantitative estimate of drug-likeness (QED) is 0.346. The number of aliphatic imine (C=N–C) groups is 1. The number of hydrogen-bond acceptors (Lipinski definition) is 6. The molecule has 1 N–H and O–H groups in total. The zero-order valence-electron chi connectivity index (χ0n) is 20.0. The molecule has 7 nitrogen and oxygen atoms in total. The van der Waals surface area contributed by atoms with Crippen LogP contribution in [0.5, 0.6) is 17.2 Å². The minimum absolute atomic E-state index is 0.0715. The molecule has 2 aliphatic heterocycles. The van der Waals surface area contributed by atoms with Gasteiger partial charge in [-0.3, -0.25) is 15.1 Å². The number of thioether (sulfide) groups is 1. The molecule has 2 aromatic carbocycles. The van der Waals surface area contributed by atoms with Crippen LogP contribution < -0.4 is 14.2 Å². The van der Waals surface area contributed by atoms with Gasteiger partial charge in [-0.05, 0) is 74.7 Å². The van der Waals surface area contributed by atoms with Crippen LogP contribution in [-0.4, -0.2) is 41.6 Å². The predicted molar refractivity (Wildman–Crippen MR) is 141 cm³/mol. The molecule has 9 heteroatoms. The van der Waals surface area contributed by atoms with Gasteiger partial charge in [0, 0.05) is 11.1 Å². The summed E-state index contributed by atoms with van der Waals surface area (Å²) in [4.78, 5) is 19.3. The van der Waals surface area contributed by atoms with Crippen LogP contribution in [0.4, 0.5) is 0 Å². The molecule has 0 saturated carbocycles. The minimum Gasteiger partial charge on any atom is -0.490 e. The van der Waals surface area contributed by atoms with E-state index in [0.29, 0.717) is 40.5 Å². The molecule has 35 heavy (non-hydrogen) atoms. The Labute approximate surface area is 213 Å². The first-order chi connectivity index (χ1) is 16.8. The van der Waals surface area contributed by atoms with E-state index >= 15 is 0 Å². The Bertz CT molecular complexity index is 1290. The SMILES string of the molecule is CCOc1cc(C=C2C(=N)N3C=C(C)SC3=NC2=O)cc(Cl)c1OCCOc1ccc(C)c(C)c1. The van der Waals surface area contributed by atoms with Crippen LogP contribution in [0.15, 0.2) is 52.0 Å². The number of rotatable bonds is 8. The molecule has 0 atom stereocenters. The monoisotopic (exact) mass is 511 g/mol. The van der Waals surface area contributed by atoms with Crippen molar-refractivity contribution in [3.63, 3.8) is 0 Å². The number of ether oxygens (including phenoxy) is 3. The number of nitrogens with one attached hydrogen (secondary N) is 1. The van der Waals surface area contributed by atoms with E-state index in [1.165, 1.54) is 17.3 Å². The number of carbonyl (C=O) groups is 1. The van der Waals surface area contributed by atoms with E-state index in [1.807, 2.05) is 39.0 Å². The van der Waals surface area contributed by atoms with E-state index < -0.39 is 5.91 Å². The van der Waals surface area contributed by atoms with Crippen molar-refractivity contribution in [3.05, 3.63) is 68.7 Å². The van der Waals surface area contributed by atoms with Crippen molar-refractivity contribution in [2.45, 2.75) is 27.7 Å². The molecule has 0 aromatic heterocycles. The van der Waals surface area contributed by atoms with E-state index in [1.54, 1.807) is 29.3 Å². The molecule has 1 amide bonds. The third-order valence-electron chi connectivity index (χ3n) is 5.41. The zero-order valence-corrected chi connectivity index (χ0v) is 21.5. The number of fused-ring (bicyclic) bond motifs is 1. The minimum atomic E-state index is -0.463. The van der Waals surface area contributed by atoms with Crippen LogP contribution in [0.1, 0.15) is 30.5 Å². The summed E-state index contributed by atoms with van der Waals surface area (Å²) in [7, 11) is 0. The first kappa shape index (κ1) is 24.9. The van der Waals surface area contributed by atoms with Crippen molar-refractivity contribution in [1.29, 1.82) is 5.41 Å². The smallest absolute Gasteiger partial charge is 0.283 e. The fourth-order valence-corrected chi connectivity index (χ4v) is 4.64. The number of hydrogen-bond donors (Lipinski definition) is 1. The molecule has 2 heterocycles. The highest BCUT2D eigenvalue weighted by Crippen LogP contribution is 2.38. The molecular weight excluding hydrogens is 486 g/mol. The second kappa shape index (κ2) is 10.6. The molecular formula is C26H26ClN3O4S. The second-order valence-electron chi connectivity index (χ2n) is 8.02. The lowest BCUT2D eigenvalue weighted by Crippen LogP contribution is -2.35. The maximum atomic E-state index is 12.6. The number of amidine groups is 2. The molecule has 4 rings (SSSR count). The molecule has 0 unspecified atom stereocenters. The Balaban J connectivity index is 1.50. The number of nitrogens with zero attached hydrogens (tertiary/aromatic N) is 2. The lowest BCUT2D eigenvalue weighted by atomic mass is 10.1. The van der Waals surface area contributed by atoms with Gasteiger partial charge in [0.25, 0.3) is 5.91 Å². The average Bonchev–Trinajstić information content (AvgIpc) is 3.18. The lowest BCUT2D eigenvalue weighted by Gasteiger charge is -2.22. The molecule has 0 saturated heterocycles. The van der Waals surface area contributed by atoms with Gasteiger partial charge in [-0.1, -0.05) is 29.4 Å². The third kappa shape index (κ3) is 5.55. The highest BCUT2D eigenvalue weighted by atomic mass is 35.5. The fraction of sp³-hybridized carbons (Fsp3) is 0.269. The number of amides is 1. The van der Waals surface area contributed by atoms with Gasteiger partial charge in [-0.2, -0.15) is 4.99 Å². The van der Waals surface area contributed by atoms with E-state index in [2.05, 4.69) is 11.9 Å². The molecule has 0 aliphatic carbocycles. The number of aryl methyl sites for hydroxylation is 2. The Kier molecular flexibility index (Phi) is 7.52. The normalized spacial score (nSPS) is 16.3. The van der Waals surface area contributed by atoms with Gasteiger partial charge in [0.05, 0.1) is 17.2 Å². The van der Waals surface area contributed by atoms with Crippen molar-refractivity contribution >= 4 is 46.3 Å². The molecule has 2 aliphatic rings. The van der Waals surface area contributed by atoms with Crippen LogP contribution in [0, 0.1) is 19.3 Å². The van der Waals surface area contributed by atoms with Crippen LogP contribution >= 0.6 is 23.4 Å². The van der Waals surface area contributed by atoms with Crippen molar-refractivity contribution in [2.75, 3.05) is 19.8 Å². The summed E-state index contributed by atoms with van der Waals surface area (Å²) in [5.41, 5.74) is 3.15. The topological polar surface area (TPSA) is 84.2 Å². The summed E-state index contributed by atoms with van der Waals surface area (Å²) in [5.74, 6) is 1.24. The summed E-state index contributed by atoms with van der Waals surface area (Å²) in [6.45, 7) is 8.88. The highest BCUT2D eigenvalue weighted by Gasteiger charge is 2.33. The van der Waals surface area contributed by atoms with E-state index in [-0.39, 0.29) is 18.0 Å². The third-order valence-corrected chi connectivity index (χ3v) is 6.59. The summed E-state index contributed by atoms with van der Waals surface area (Å²) in [5, 5.41) is 9.31. The van der Waals surface area contributed by atoms with Crippen LogP contribution in [0.3, 0.4) is 0 Å². The maximum absolute atomic E-state index is 12.6. The van der Waals surface area contributed by atoms with Gasteiger partial charge in [0.15, 0.2) is 16.7 Å². The largest absolute Gasteiger partial charge is 0.490 e. The highest BCUT2D eigenvalue weighted by molar-refractivity contribution is 8.17. The lowest BCUT2D eigenvalue weighted by molar-refractivity contribution is -0.114. The molecule has 2 aromatic rings. The van der Waals surface area contributed by atoms with Crippen molar-refractivity contribution in [2.24, 2.45) is 4.99 Å². The Morgan fingerprint density at radius 1 is 1.09 bits per heavy atom. The standard InChI is InChI=1S/C26H26ClN3O4S/c1-5-32-22-13-18(11-20-24(28)30-14-17(4)35-26(30)29-25(20)31)12-21(27)23(22)34-9-8-33-19-7-6-15(2)16(3)10-19/h6-7,10-14,28H,5,8-9H2,1-4H3. The van der Waals surface area contributed by atoms with Crippen molar-refractivity contribution < 1.29 is 19.0 Å². The van der Waals surface area contributed by atoms with Gasteiger partial charge in [-0.25, -0.2) is 0 Å². The van der Waals surface area contributed by atoms with Crippen LogP contribution in [0.25, 0.3) is 6.08 Å². The number of carbonyl (C=O) groups excluding carboxylic acids is 1. The van der Waals surface area contributed by atoms with Crippen molar-refractivity contribution in [1.82, 2.24) is 4.90 Å². The summed E-state index contributed by atoms with van der Waals surface area (Å²) in [6.07, 6.45) is 3.39. The van der Waals surface area contributed by atoms with Gasteiger partial charge in [-0.15, -0.1) is 0 Å².